The molecule has 146 valence electrons. The first-order valence-electron chi connectivity index (χ1n) is 8.12. The zero-order valence-corrected chi connectivity index (χ0v) is 15.2. The predicted molar refractivity (Wildman–Crippen MR) is 89.6 cm³/mol. The van der Waals surface area contributed by atoms with Gasteiger partial charge in [0.25, 0.3) is 5.91 Å². The lowest BCUT2D eigenvalue weighted by Crippen LogP contribution is -2.50. The average molecular weight is 402 g/mol. The molecule has 10 heteroatoms. The highest BCUT2D eigenvalue weighted by Crippen LogP contribution is 2.35. The molecule has 27 heavy (non-hydrogen) atoms. The molecule has 0 unspecified atom stereocenters. The number of nitrogens with zero attached hydrogens (tertiary/aromatic N) is 2. The van der Waals surface area contributed by atoms with Crippen LogP contribution in [0, 0.1) is 6.92 Å². The molecule has 1 amide bonds. The number of furan rings is 1. The predicted octanol–water partition coefficient (Wildman–Crippen LogP) is 2.75. The van der Waals surface area contributed by atoms with Crippen LogP contribution >= 0.6 is 0 Å². The van der Waals surface area contributed by atoms with E-state index >= 15 is 0 Å². The number of benzene rings is 1. The molecular formula is C17H17F3N2O4S. The fourth-order valence-electron chi connectivity index (χ4n) is 2.97. The number of sulfonamides is 1. The maximum Gasteiger partial charge on any atom is 0.417 e. The summed E-state index contributed by atoms with van der Waals surface area (Å²) in [7, 11) is -4.33. The van der Waals surface area contributed by atoms with Crippen molar-refractivity contribution in [3.8, 4) is 0 Å². The van der Waals surface area contributed by atoms with E-state index in [0.29, 0.717) is 11.3 Å². The molecule has 1 saturated heterocycles. The van der Waals surface area contributed by atoms with E-state index in [1.807, 2.05) is 0 Å². The Morgan fingerprint density at radius 1 is 1.07 bits per heavy atom. The normalized spacial score (nSPS) is 16.5. The molecule has 0 saturated carbocycles. The maximum atomic E-state index is 13.2. The van der Waals surface area contributed by atoms with E-state index in [1.54, 1.807) is 6.92 Å². The van der Waals surface area contributed by atoms with Crippen molar-refractivity contribution in [1.82, 2.24) is 9.21 Å². The zero-order valence-electron chi connectivity index (χ0n) is 14.4. The molecule has 0 aliphatic carbocycles. The summed E-state index contributed by atoms with van der Waals surface area (Å²) < 4.78 is 71.0. The molecule has 0 bridgehead atoms. The smallest absolute Gasteiger partial charge is 0.417 e. The first-order valence-corrected chi connectivity index (χ1v) is 9.56. The third-order valence-electron chi connectivity index (χ3n) is 4.43. The van der Waals surface area contributed by atoms with Crippen molar-refractivity contribution in [2.24, 2.45) is 0 Å². The summed E-state index contributed by atoms with van der Waals surface area (Å²) in [5, 5.41) is 0. The molecular weight excluding hydrogens is 385 g/mol. The summed E-state index contributed by atoms with van der Waals surface area (Å²) in [6, 6.07) is 5.62. The van der Waals surface area contributed by atoms with Crippen molar-refractivity contribution < 1.29 is 30.8 Å². The fourth-order valence-corrected chi connectivity index (χ4v) is 4.61. The van der Waals surface area contributed by atoms with Crippen LogP contribution in [0.2, 0.25) is 0 Å². The number of carbonyl (C=O) groups excluding carboxylic acids is 1. The second kappa shape index (κ2) is 7.01. The summed E-state index contributed by atoms with van der Waals surface area (Å²) in [5.74, 6) is 0.156. The van der Waals surface area contributed by atoms with Gasteiger partial charge in [-0.3, -0.25) is 4.79 Å². The first kappa shape index (κ1) is 19.4. The second-order valence-electron chi connectivity index (χ2n) is 6.08. The number of alkyl halides is 3. The molecule has 0 spiro atoms. The quantitative estimate of drug-likeness (QED) is 0.792. The lowest BCUT2D eigenvalue weighted by molar-refractivity contribution is -0.139. The molecule has 0 atom stereocenters. The highest BCUT2D eigenvalue weighted by molar-refractivity contribution is 7.89. The Morgan fingerprint density at radius 3 is 2.26 bits per heavy atom. The van der Waals surface area contributed by atoms with Crippen molar-refractivity contribution in [3.05, 3.63) is 53.5 Å². The summed E-state index contributed by atoms with van der Waals surface area (Å²) in [5.41, 5.74) is -0.814. The summed E-state index contributed by atoms with van der Waals surface area (Å²) in [4.78, 5) is 13.1. The second-order valence-corrected chi connectivity index (χ2v) is 7.99. The van der Waals surface area contributed by atoms with Crippen LogP contribution in [-0.2, 0) is 16.2 Å². The minimum atomic E-state index is -4.78. The molecule has 1 aromatic heterocycles. The van der Waals surface area contributed by atoms with E-state index in [9.17, 15) is 26.4 Å². The molecule has 0 N–H and O–H groups in total. The van der Waals surface area contributed by atoms with Crippen LogP contribution in [0.1, 0.15) is 21.7 Å². The molecule has 1 fully saturated rings. The summed E-state index contributed by atoms with van der Waals surface area (Å²) in [6.07, 6.45) is -3.39. The molecule has 0 radical (unpaired) electrons. The molecule has 6 nitrogen and oxygen atoms in total. The molecule has 1 aromatic carbocycles. The highest BCUT2D eigenvalue weighted by Gasteiger charge is 2.39. The van der Waals surface area contributed by atoms with E-state index in [4.69, 9.17) is 4.42 Å². The minimum Gasteiger partial charge on any atom is -0.469 e. The number of carbonyl (C=O) groups is 1. The number of aryl methyl sites for hydroxylation is 1. The van der Waals surface area contributed by atoms with Gasteiger partial charge < -0.3 is 9.32 Å². The number of halogens is 3. The largest absolute Gasteiger partial charge is 0.469 e. The number of amides is 1. The van der Waals surface area contributed by atoms with Crippen molar-refractivity contribution in [1.29, 1.82) is 0 Å². The number of piperazine rings is 1. The van der Waals surface area contributed by atoms with Crippen LogP contribution in [0.15, 0.2) is 45.9 Å². The van der Waals surface area contributed by atoms with Crippen LogP contribution < -0.4 is 0 Å². The summed E-state index contributed by atoms with van der Waals surface area (Å²) in [6.45, 7) is 1.63. The highest BCUT2D eigenvalue weighted by atomic mass is 32.2. The molecule has 1 aliphatic heterocycles. The van der Waals surface area contributed by atoms with Crippen molar-refractivity contribution in [2.45, 2.75) is 18.0 Å². The molecule has 1 aliphatic rings. The Hall–Kier alpha value is -2.33. The summed E-state index contributed by atoms with van der Waals surface area (Å²) >= 11 is 0. The zero-order chi connectivity index (χ0) is 19.8. The standard InChI is InChI=1S/C17H17F3N2O4S/c1-12-13(6-11-26-12)16(23)21-7-9-22(10-8-21)27(24,25)15-5-3-2-4-14(15)17(18,19)20/h2-6,11H,7-10H2,1H3. The van der Waals surface area contributed by atoms with Gasteiger partial charge in [0.15, 0.2) is 0 Å². The van der Waals surface area contributed by atoms with E-state index in [2.05, 4.69) is 0 Å². The fraction of sp³-hybridized carbons (Fsp3) is 0.353. The molecule has 2 heterocycles. The number of hydrogen-bond donors (Lipinski definition) is 0. The Morgan fingerprint density at radius 2 is 1.70 bits per heavy atom. The lowest BCUT2D eigenvalue weighted by Gasteiger charge is -2.34. The van der Waals surface area contributed by atoms with Crippen LogP contribution in [0.3, 0.4) is 0 Å². The van der Waals surface area contributed by atoms with E-state index in [0.717, 1.165) is 22.5 Å². The Balaban J connectivity index is 1.78. The topological polar surface area (TPSA) is 70.8 Å². The maximum absolute atomic E-state index is 13.2. The molecule has 3 rings (SSSR count). The van der Waals surface area contributed by atoms with Crippen LogP contribution in [0.25, 0.3) is 0 Å². The van der Waals surface area contributed by atoms with Crippen molar-refractivity contribution >= 4 is 15.9 Å². The lowest BCUT2D eigenvalue weighted by atomic mass is 10.2. The van der Waals surface area contributed by atoms with Gasteiger partial charge in [-0.15, -0.1) is 0 Å². The van der Waals surface area contributed by atoms with Crippen molar-refractivity contribution in [3.63, 3.8) is 0 Å². The Kier molecular flexibility index (Phi) is 5.04. The SMILES string of the molecule is Cc1occc1C(=O)N1CCN(S(=O)(=O)c2ccccc2C(F)(F)F)CC1. The van der Waals surface area contributed by atoms with E-state index in [-0.39, 0.29) is 32.1 Å². The van der Waals surface area contributed by atoms with E-state index < -0.39 is 26.7 Å². The number of rotatable bonds is 3. The van der Waals surface area contributed by atoms with E-state index in [1.165, 1.54) is 23.3 Å². The monoisotopic (exact) mass is 402 g/mol. The number of hydrogen-bond acceptors (Lipinski definition) is 4. The Labute approximate surface area is 154 Å². The van der Waals surface area contributed by atoms with Crippen LogP contribution in [0.4, 0.5) is 13.2 Å². The third kappa shape index (κ3) is 3.72. The average Bonchev–Trinajstić information content (AvgIpc) is 3.06. The van der Waals surface area contributed by atoms with Gasteiger partial charge in [0.1, 0.15) is 5.76 Å². The van der Waals surface area contributed by atoms with Gasteiger partial charge in [0.05, 0.1) is 22.3 Å². The first-order chi connectivity index (χ1) is 12.6. The van der Waals surface area contributed by atoms with Crippen molar-refractivity contribution in [2.75, 3.05) is 26.2 Å². The Bertz CT molecular complexity index is 945. The molecule has 2 aromatic rings. The van der Waals surface area contributed by atoms with Gasteiger partial charge in [0.2, 0.25) is 10.0 Å². The van der Waals surface area contributed by atoms with Gasteiger partial charge >= 0.3 is 6.18 Å². The minimum absolute atomic E-state index is 0.0802. The third-order valence-corrected chi connectivity index (χ3v) is 6.38. The van der Waals surface area contributed by atoms with Gasteiger partial charge in [-0.05, 0) is 25.1 Å². The van der Waals surface area contributed by atoms with Gasteiger partial charge in [-0.25, -0.2) is 8.42 Å². The van der Waals surface area contributed by atoms with Crippen LogP contribution in [0.5, 0.6) is 0 Å². The van der Waals surface area contributed by atoms with Gasteiger partial charge in [-0.2, -0.15) is 17.5 Å². The van der Waals surface area contributed by atoms with Gasteiger partial charge in [-0.1, -0.05) is 12.1 Å². The van der Waals surface area contributed by atoms with Gasteiger partial charge in [0, 0.05) is 26.2 Å². The van der Waals surface area contributed by atoms with Crippen LogP contribution in [-0.4, -0.2) is 49.7 Å².